The Morgan fingerprint density at radius 3 is 2.50 bits per heavy atom. The Bertz CT molecular complexity index is 271. The molecular weight excluding hydrogens is 182 g/mol. The van der Waals surface area contributed by atoms with E-state index in [1.165, 1.54) is 0 Å². The third-order valence-electron chi connectivity index (χ3n) is 1.35. The number of hydrogen-bond donors (Lipinski definition) is 1. The predicted molar refractivity (Wildman–Crippen MR) is 52.7 cm³/mol. The fraction of sp³-hybridized carbons (Fsp3) is 0.667. The number of nitrogens with zero attached hydrogens (tertiary/aromatic N) is 2. The summed E-state index contributed by atoms with van der Waals surface area (Å²) in [6.45, 7) is 7.47. The van der Waals surface area contributed by atoms with Crippen LogP contribution in [0.25, 0.3) is 0 Å². The molecule has 0 unspecified atom stereocenters. The molecule has 0 spiro atoms. The summed E-state index contributed by atoms with van der Waals surface area (Å²) in [6.07, 6.45) is -0.649. The summed E-state index contributed by atoms with van der Waals surface area (Å²) in [5.41, 5.74) is 2.02. The first kappa shape index (κ1) is 12.4. The first-order valence-electron chi connectivity index (χ1n) is 4.32. The van der Waals surface area contributed by atoms with E-state index in [9.17, 15) is 4.79 Å². The second-order valence-corrected chi connectivity index (χ2v) is 3.65. The normalized spacial score (nSPS) is 11.8. The summed E-state index contributed by atoms with van der Waals surface area (Å²) >= 11 is 0. The second-order valence-electron chi connectivity index (χ2n) is 3.65. The highest BCUT2D eigenvalue weighted by Gasteiger charge is 2.19. The number of ether oxygens (including phenoxy) is 1. The van der Waals surface area contributed by atoms with Crippen LogP contribution in [0.15, 0.2) is 5.10 Å². The van der Waals surface area contributed by atoms with Gasteiger partial charge in [-0.25, -0.2) is 10.2 Å². The molecule has 5 heteroatoms. The molecule has 0 fully saturated rings. The second kappa shape index (κ2) is 5.22. The standard InChI is InChI=1S/C9H15N3O2/c1-5-14-8(13)12-11-7(6-10)9(2,3)4/h5H2,1-4H3,(H,12,13)/b11-7+. The summed E-state index contributed by atoms with van der Waals surface area (Å²) in [6, 6.07) is 1.92. The summed E-state index contributed by atoms with van der Waals surface area (Å²) in [5, 5.41) is 12.4. The van der Waals surface area contributed by atoms with Gasteiger partial charge in [0.1, 0.15) is 11.8 Å². The van der Waals surface area contributed by atoms with E-state index in [-0.39, 0.29) is 17.7 Å². The number of rotatable bonds is 2. The molecule has 0 aromatic heterocycles. The number of hydrazone groups is 1. The maximum Gasteiger partial charge on any atom is 0.427 e. The largest absolute Gasteiger partial charge is 0.449 e. The van der Waals surface area contributed by atoms with Gasteiger partial charge in [-0.05, 0) is 6.92 Å². The third kappa shape index (κ3) is 4.45. The van der Waals surface area contributed by atoms with Crippen LogP contribution in [0.5, 0.6) is 0 Å². The van der Waals surface area contributed by atoms with E-state index >= 15 is 0 Å². The van der Waals surface area contributed by atoms with Gasteiger partial charge in [-0.2, -0.15) is 10.4 Å². The van der Waals surface area contributed by atoms with Gasteiger partial charge < -0.3 is 4.74 Å². The maximum atomic E-state index is 10.8. The van der Waals surface area contributed by atoms with E-state index in [0.717, 1.165) is 0 Å². The van der Waals surface area contributed by atoms with Crippen molar-refractivity contribution in [2.45, 2.75) is 27.7 Å². The van der Waals surface area contributed by atoms with Gasteiger partial charge in [-0.1, -0.05) is 20.8 Å². The number of amides is 1. The minimum absolute atomic E-state index is 0.255. The minimum atomic E-state index is -0.649. The number of hydrogen-bond acceptors (Lipinski definition) is 4. The van der Waals surface area contributed by atoms with Crippen molar-refractivity contribution in [3.63, 3.8) is 0 Å². The van der Waals surface area contributed by atoms with Crippen molar-refractivity contribution in [3.8, 4) is 6.07 Å². The molecule has 78 valence electrons. The molecule has 0 aliphatic heterocycles. The van der Waals surface area contributed by atoms with Crippen LogP contribution < -0.4 is 5.43 Å². The van der Waals surface area contributed by atoms with Crippen LogP contribution in [0.1, 0.15) is 27.7 Å². The van der Waals surface area contributed by atoms with Crippen LogP contribution in [0.2, 0.25) is 0 Å². The molecule has 0 atom stereocenters. The Labute approximate surface area is 83.7 Å². The Balaban J connectivity index is 4.36. The molecule has 14 heavy (non-hydrogen) atoms. The highest BCUT2D eigenvalue weighted by Crippen LogP contribution is 2.14. The zero-order valence-corrected chi connectivity index (χ0v) is 8.92. The molecule has 0 saturated heterocycles. The Morgan fingerprint density at radius 1 is 1.57 bits per heavy atom. The predicted octanol–water partition coefficient (Wildman–Crippen LogP) is 1.66. The van der Waals surface area contributed by atoms with E-state index in [2.05, 4.69) is 15.3 Å². The molecule has 0 aliphatic carbocycles. The first-order chi connectivity index (χ1) is 6.41. The fourth-order valence-electron chi connectivity index (χ4n) is 0.625. The number of carbonyl (C=O) groups is 1. The minimum Gasteiger partial charge on any atom is -0.449 e. The van der Waals surface area contributed by atoms with E-state index in [4.69, 9.17) is 5.26 Å². The van der Waals surface area contributed by atoms with Gasteiger partial charge in [0.05, 0.1) is 6.61 Å². The molecule has 0 aliphatic rings. The van der Waals surface area contributed by atoms with E-state index < -0.39 is 6.09 Å². The first-order valence-corrected chi connectivity index (χ1v) is 4.32. The van der Waals surface area contributed by atoms with Crippen LogP contribution >= 0.6 is 0 Å². The Kier molecular flexibility index (Phi) is 4.64. The highest BCUT2D eigenvalue weighted by atomic mass is 16.5. The molecule has 0 rings (SSSR count). The fourth-order valence-corrected chi connectivity index (χ4v) is 0.625. The van der Waals surface area contributed by atoms with Crippen LogP contribution in [-0.4, -0.2) is 18.4 Å². The Hall–Kier alpha value is -1.57. The van der Waals surface area contributed by atoms with Crippen molar-refractivity contribution < 1.29 is 9.53 Å². The third-order valence-corrected chi connectivity index (χ3v) is 1.35. The zero-order chi connectivity index (χ0) is 11.2. The van der Waals surface area contributed by atoms with Crippen LogP contribution in [0.4, 0.5) is 4.79 Å². The Morgan fingerprint density at radius 2 is 2.14 bits per heavy atom. The molecule has 0 aromatic carbocycles. The lowest BCUT2D eigenvalue weighted by molar-refractivity contribution is 0.152. The number of carbonyl (C=O) groups excluding carboxylic acids is 1. The summed E-state index contributed by atoms with van der Waals surface area (Å²) in [4.78, 5) is 10.8. The van der Waals surface area contributed by atoms with Gasteiger partial charge in [0.2, 0.25) is 0 Å². The molecule has 0 bridgehead atoms. The molecule has 0 radical (unpaired) electrons. The van der Waals surface area contributed by atoms with E-state index in [1.54, 1.807) is 6.92 Å². The topological polar surface area (TPSA) is 74.5 Å². The van der Waals surface area contributed by atoms with Gasteiger partial charge >= 0.3 is 6.09 Å². The molecule has 1 N–H and O–H groups in total. The lowest BCUT2D eigenvalue weighted by Gasteiger charge is -2.14. The van der Waals surface area contributed by atoms with E-state index in [0.29, 0.717) is 0 Å². The van der Waals surface area contributed by atoms with Gasteiger partial charge in [-0.3, -0.25) is 0 Å². The van der Waals surface area contributed by atoms with Gasteiger partial charge in [0.15, 0.2) is 0 Å². The summed E-state index contributed by atoms with van der Waals surface area (Å²) < 4.78 is 4.58. The van der Waals surface area contributed by atoms with Gasteiger partial charge in [0, 0.05) is 5.41 Å². The zero-order valence-electron chi connectivity index (χ0n) is 8.92. The monoisotopic (exact) mass is 197 g/mol. The van der Waals surface area contributed by atoms with E-state index in [1.807, 2.05) is 26.8 Å². The van der Waals surface area contributed by atoms with Crippen molar-refractivity contribution >= 4 is 11.8 Å². The molecule has 5 nitrogen and oxygen atoms in total. The summed E-state index contributed by atoms with van der Waals surface area (Å²) in [7, 11) is 0. The van der Waals surface area contributed by atoms with Gasteiger partial charge in [-0.15, -0.1) is 0 Å². The molecule has 0 saturated carbocycles. The average molecular weight is 197 g/mol. The molecular formula is C9H15N3O2. The van der Waals surface area contributed by atoms with Crippen LogP contribution in [0, 0.1) is 16.7 Å². The van der Waals surface area contributed by atoms with Crippen molar-refractivity contribution in [1.29, 1.82) is 5.26 Å². The number of nitrogens with one attached hydrogen (secondary N) is 1. The van der Waals surface area contributed by atoms with Crippen LogP contribution in [-0.2, 0) is 4.74 Å². The van der Waals surface area contributed by atoms with Crippen molar-refractivity contribution in [1.82, 2.24) is 5.43 Å². The lowest BCUT2D eigenvalue weighted by Crippen LogP contribution is -2.25. The smallest absolute Gasteiger partial charge is 0.427 e. The quantitative estimate of drug-likeness (QED) is 0.540. The SMILES string of the molecule is CCOC(=O)N/N=C(\C#N)C(C)(C)C. The van der Waals surface area contributed by atoms with Gasteiger partial charge in [0.25, 0.3) is 0 Å². The molecule has 0 heterocycles. The average Bonchev–Trinajstić information content (AvgIpc) is 2.03. The maximum absolute atomic E-state index is 10.8. The van der Waals surface area contributed by atoms with Crippen molar-refractivity contribution in [2.24, 2.45) is 10.5 Å². The highest BCUT2D eigenvalue weighted by molar-refractivity contribution is 6.02. The van der Waals surface area contributed by atoms with Crippen molar-refractivity contribution in [2.75, 3.05) is 6.61 Å². The summed E-state index contributed by atoms with van der Waals surface area (Å²) in [5.74, 6) is 0. The van der Waals surface area contributed by atoms with Crippen molar-refractivity contribution in [3.05, 3.63) is 0 Å². The molecule has 0 aromatic rings. The number of nitriles is 1. The molecule has 1 amide bonds. The lowest BCUT2D eigenvalue weighted by atomic mass is 9.91. The van der Waals surface area contributed by atoms with Crippen LogP contribution in [0.3, 0.4) is 0 Å².